The number of aromatic hydroxyl groups is 1. The first kappa shape index (κ1) is 11.4. The number of sulfone groups is 1. The van der Waals surface area contributed by atoms with Crippen LogP contribution in [-0.2, 0) is 16.4 Å². The molecule has 2 N–H and O–H groups in total. The van der Waals surface area contributed by atoms with Crippen LogP contribution in [-0.4, -0.2) is 31.1 Å². The first-order valence-electron chi connectivity index (χ1n) is 5.27. The van der Waals surface area contributed by atoms with E-state index >= 15 is 0 Å². The van der Waals surface area contributed by atoms with E-state index in [1.807, 2.05) is 6.07 Å². The second-order valence-electron chi connectivity index (χ2n) is 4.15. The number of benzene rings is 1. The summed E-state index contributed by atoms with van der Waals surface area (Å²) in [5.41, 5.74) is 0.962. The van der Waals surface area contributed by atoms with Crippen LogP contribution in [0.1, 0.15) is 12.0 Å². The van der Waals surface area contributed by atoms with Crippen molar-refractivity contribution >= 4 is 9.84 Å². The summed E-state index contributed by atoms with van der Waals surface area (Å²) < 4.78 is 22.5. The summed E-state index contributed by atoms with van der Waals surface area (Å²) in [7, 11) is -2.82. The summed E-state index contributed by atoms with van der Waals surface area (Å²) in [5, 5.41) is 12.5. The van der Waals surface area contributed by atoms with E-state index in [0.29, 0.717) is 13.0 Å². The van der Waals surface area contributed by atoms with Crippen molar-refractivity contribution in [2.24, 2.45) is 0 Å². The Balaban J connectivity index is 1.89. The molecule has 0 aromatic heterocycles. The van der Waals surface area contributed by atoms with Gasteiger partial charge in [-0.1, -0.05) is 12.1 Å². The molecular weight excluding hydrogens is 226 g/mol. The van der Waals surface area contributed by atoms with Gasteiger partial charge in [-0.15, -0.1) is 0 Å². The Morgan fingerprint density at radius 1 is 1.44 bits per heavy atom. The summed E-state index contributed by atoms with van der Waals surface area (Å²) in [6.45, 7) is 0.592. The van der Waals surface area contributed by atoms with Crippen LogP contribution in [0.3, 0.4) is 0 Å². The summed E-state index contributed by atoms with van der Waals surface area (Å²) >= 11 is 0. The first-order chi connectivity index (χ1) is 7.55. The molecule has 0 spiro atoms. The zero-order valence-electron chi connectivity index (χ0n) is 8.89. The first-order valence-corrected chi connectivity index (χ1v) is 7.09. The Morgan fingerprint density at radius 2 is 2.25 bits per heavy atom. The van der Waals surface area contributed by atoms with Crippen molar-refractivity contribution in [1.82, 2.24) is 5.32 Å². The molecule has 1 atom stereocenters. The molecule has 1 aromatic rings. The molecule has 1 fully saturated rings. The van der Waals surface area contributed by atoms with E-state index in [9.17, 15) is 13.5 Å². The van der Waals surface area contributed by atoms with Crippen molar-refractivity contribution in [3.8, 4) is 5.75 Å². The normalized spacial score (nSPS) is 23.4. The highest BCUT2D eigenvalue weighted by Gasteiger charge is 2.27. The molecule has 1 unspecified atom stereocenters. The molecule has 0 radical (unpaired) electrons. The van der Waals surface area contributed by atoms with E-state index in [1.165, 1.54) is 0 Å². The lowest BCUT2D eigenvalue weighted by atomic mass is 10.2. The maximum Gasteiger partial charge on any atom is 0.151 e. The molecule has 5 heteroatoms. The van der Waals surface area contributed by atoms with Gasteiger partial charge in [0, 0.05) is 12.6 Å². The van der Waals surface area contributed by atoms with Gasteiger partial charge in [-0.05, 0) is 24.1 Å². The molecule has 0 aliphatic carbocycles. The number of nitrogens with one attached hydrogen (secondary N) is 1. The molecule has 16 heavy (non-hydrogen) atoms. The smallest absolute Gasteiger partial charge is 0.151 e. The van der Waals surface area contributed by atoms with Crippen molar-refractivity contribution in [3.05, 3.63) is 29.8 Å². The van der Waals surface area contributed by atoms with Crippen LogP contribution in [0.15, 0.2) is 24.3 Å². The fourth-order valence-electron chi connectivity index (χ4n) is 1.88. The Bertz CT molecular complexity index is 470. The van der Waals surface area contributed by atoms with Crippen LogP contribution in [0, 0.1) is 0 Å². The van der Waals surface area contributed by atoms with Gasteiger partial charge in [-0.25, -0.2) is 8.42 Å². The summed E-state index contributed by atoms with van der Waals surface area (Å²) in [5.74, 6) is 0.745. The van der Waals surface area contributed by atoms with Crippen LogP contribution in [0.5, 0.6) is 5.75 Å². The van der Waals surface area contributed by atoms with Crippen molar-refractivity contribution in [2.45, 2.75) is 19.0 Å². The van der Waals surface area contributed by atoms with Crippen LogP contribution in [0.2, 0.25) is 0 Å². The predicted molar refractivity (Wildman–Crippen MR) is 62.0 cm³/mol. The van der Waals surface area contributed by atoms with E-state index in [4.69, 9.17) is 0 Å². The minimum absolute atomic E-state index is 0.0485. The largest absolute Gasteiger partial charge is 0.508 e. The predicted octanol–water partition coefficient (Wildman–Crippen LogP) is 0.669. The molecule has 88 valence electrons. The number of rotatable bonds is 3. The highest BCUT2D eigenvalue weighted by atomic mass is 32.2. The monoisotopic (exact) mass is 241 g/mol. The van der Waals surface area contributed by atoms with Crippen molar-refractivity contribution in [3.63, 3.8) is 0 Å². The maximum absolute atomic E-state index is 11.2. The number of phenols is 1. The molecule has 1 heterocycles. The lowest BCUT2D eigenvalue weighted by molar-refractivity contribution is 0.473. The summed E-state index contributed by atoms with van der Waals surface area (Å²) in [6, 6.07) is 7.01. The SMILES string of the molecule is O=S1(=O)CCC(NCc2cccc(O)c2)C1. The number of hydrogen-bond acceptors (Lipinski definition) is 4. The zero-order chi connectivity index (χ0) is 11.6. The fourth-order valence-corrected chi connectivity index (χ4v) is 3.59. The third-order valence-corrected chi connectivity index (χ3v) is 4.51. The van der Waals surface area contributed by atoms with Gasteiger partial charge < -0.3 is 10.4 Å². The van der Waals surface area contributed by atoms with E-state index < -0.39 is 9.84 Å². The molecule has 0 saturated carbocycles. The Labute approximate surface area is 95.2 Å². The standard InChI is InChI=1S/C11H15NO3S/c13-11-3-1-2-9(6-11)7-12-10-4-5-16(14,15)8-10/h1-3,6,10,12-13H,4-5,7-8H2. The Kier molecular flexibility index (Phi) is 3.16. The minimum atomic E-state index is -2.82. The summed E-state index contributed by atoms with van der Waals surface area (Å²) in [6.07, 6.45) is 0.682. The van der Waals surface area contributed by atoms with E-state index in [-0.39, 0.29) is 23.3 Å². The molecule has 1 aliphatic rings. The highest BCUT2D eigenvalue weighted by Crippen LogP contribution is 2.14. The third kappa shape index (κ3) is 2.96. The lowest BCUT2D eigenvalue weighted by Gasteiger charge is -2.10. The zero-order valence-corrected chi connectivity index (χ0v) is 9.70. The highest BCUT2D eigenvalue weighted by molar-refractivity contribution is 7.91. The molecule has 2 rings (SSSR count). The van der Waals surface area contributed by atoms with Gasteiger partial charge in [0.2, 0.25) is 0 Å². The molecule has 0 amide bonds. The van der Waals surface area contributed by atoms with Crippen molar-refractivity contribution in [2.75, 3.05) is 11.5 Å². The topological polar surface area (TPSA) is 66.4 Å². The molecule has 4 nitrogen and oxygen atoms in total. The molecule has 1 saturated heterocycles. The number of hydrogen-bond donors (Lipinski definition) is 2. The van der Waals surface area contributed by atoms with Gasteiger partial charge in [0.25, 0.3) is 0 Å². The van der Waals surface area contributed by atoms with Gasteiger partial charge in [0.1, 0.15) is 5.75 Å². The van der Waals surface area contributed by atoms with Gasteiger partial charge in [-0.2, -0.15) is 0 Å². The van der Waals surface area contributed by atoms with Crippen LogP contribution in [0.25, 0.3) is 0 Å². The van der Waals surface area contributed by atoms with E-state index in [2.05, 4.69) is 5.32 Å². The fraction of sp³-hybridized carbons (Fsp3) is 0.455. The average molecular weight is 241 g/mol. The van der Waals surface area contributed by atoms with Gasteiger partial charge in [-0.3, -0.25) is 0 Å². The van der Waals surface area contributed by atoms with Crippen LogP contribution in [0.4, 0.5) is 0 Å². The van der Waals surface area contributed by atoms with Crippen molar-refractivity contribution < 1.29 is 13.5 Å². The summed E-state index contributed by atoms with van der Waals surface area (Å²) in [4.78, 5) is 0. The minimum Gasteiger partial charge on any atom is -0.508 e. The Hall–Kier alpha value is -1.07. The number of phenolic OH excluding ortho intramolecular Hbond substituents is 1. The average Bonchev–Trinajstić information content (AvgIpc) is 2.56. The van der Waals surface area contributed by atoms with E-state index in [1.54, 1.807) is 18.2 Å². The van der Waals surface area contributed by atoms with Crippen molar-refractivity contribution in [1.29, 1.82) is 0 Å². The van der Waals surface area contributed by atoms with Gasteiger partial charge in [0.15, 0.2) is 9.84 Å². The van der Waals surface area contributed by atoms with Gasteiger partial charge in [0.05, 0.1) is 11.5 Å². The Morgan fingerprint density at radius 3 is 2.88 bits per heavy atom. The molecule has 1 aromatic carbocycles. The quantitative estimate of drug-likeness (QED) is 0.816. The third-order valence-electron chi connectivity index (χ3n) is 2.74. The maximum atomic E-state index is 11.2. The lowest BCUT2D eigenvalue weighted by Crippen LogP contribution is -2.29. The second kappa shape index (κ2) is 4.43. The van der Waals surface area contributed by atoms with Crippen LogP contribution < -0.4 is 5.32 Å². The van der Waals surface area contributed by atoms with E-state index in [0.717, 1.165) is 5.56 Å². The van der Waals surface area contributed by atoms with Gasteiger partial charge >= 0.3 is 0 Å². The molecule has 0 bridgehead atoms. The van der Waals surface area contributed by atoms with Crippen LogP contribution >= 0.6 is 0 Å². The molecule has 1 aliphatic heterocycles. The second-order valence-corrected chi connectivity index (χ2v) is 6.38. The molecular formula is C11H15NO3S.